The van der Waals surface area contributed by atoms with E-state index in [2.05, 4.69) is 4.98 Å². The zero-order valence-corrected chi connectivity index (χ0v) is 11.9. The highest BCUT2D eigenvalue weighted by Crippen LogP contribution is 2.57. The third kappa shape index (κ3) is 1.87. The Bertz CT molecular complexity index is 512. The van der Waals surface area contributed by atoms with E-state index >= 15 is 0 Å². The summed E-state index contributed by atoms with van der Waals surface area (Å²) in [7, 11) is 1.62. The van der Waals surface area contributed by atoms with Crippen molar-refractivity contribution in [3.63, 3.8) is 0 Å². The van der Waals surface area contributed by atoms with Crippen molar-refractivity contribution in [2.45, 2.75) is 32.1 Å². The second kappa shape index (κ2) is 4.57. The lowest BCUT2D eigenvalue weighted by atomic mass is 9.51. The fourth-order valence-electron chi connectivity index (χ4n) is 5.21. The number of Topliss-reactive ketones (excluding diaryl/α,β-unsaturated/α-hetero) is 1. The highest BCUT2D eigenvalue weighted by atomic mass is 16.5. The first kappa shape index (κ1) is 12.4. The van der Waals surface area contributed by atoms with Crippen LogP contribution < -0.4 is 4.74 Å². The molecule has 0 amide bonds. The van der Waals surface area contributed by atoms with E-state index in [0.717, 1.165) is 17.4 Å². The van der Waals surface area contributed by atoms with Crippen molar-refractivity contribution in [3.05, 3.63) is 24.0 Å². The second-order valence-electron chi connectivity index (χ2n) is 6.93. The van der Waals surface area contributed by atoms with Crippen molar-refractivity contribution in [3.8, 4) is 5.75 Å². The quantitative estimate of drug-likeness (QED) is 0.791. The smallest absolute Gasteiger partial charge is 0.168 e. The minimum absolute atomic E-state index is 0.247. The summed E-state index contributed by atoms with van der Waals surface area (Å²) >= 11 is 0. The summed E-state index contributed by atoms with van der Waals surface area (Å²) in [6.45, 7) is 0. The lowest BCUT2D eigenvalue weighted by molar-refractivity contribution is -0.0251. The fraction of sp³-hybridized carbons (Fsp3) is 0.647. The van der Waals surface area contributed by atoms with Crippen molar-refractivity contribution in [1.29, 1.82) is 0 Å². The number of pyridine rings is 1. The van der Waals surface area contributed by atoms with Crippen molar-refractivity contribution in [2.24, 2.45) is 29.6 Å². The van der Waals surface area contributed by atoms with E-state index in [1.54, 1.807) is 19.5 Å². The molecule has 20 heavy (non-hydrogen) atoms. The van der Waals surface area contributed by atoms with Gasteiger partial charge in [0.15, 0.2) is 5.78 Å². The van der Waals surface area contributed by atoms with Crippen LogP contribution in [0.3, 0.4) is 0 Å². The van der Waals surface area contributed by atoms with Crippen molar-refractivity contribution < 1.29 is 9.53 Å². The molecular weight excluding hydrogens is 250 g/mol. The standard InChI is InChI=1S/C17H21NO2/c1-20-15-7-14(8-18-9-15)17(19)16-12-3-10-2-11(5-12)6-13(16)4-10/h7-13,16H,2-6H2,1H3. The molecule has 5 rings (SSSR count). The molecule has 4 fully saturated rings. The number of ketones is 1. The molecule has 3 nitrogen and oxygen atoms in total. The van der Waals surface area contributed by atoms with E-state index in [-0.39, 0.29) is 5.92 Å². The Morgan fingerprint density at radius 1 is 1.10 bits per heavy atom. The van der Waals surface area contributed by atoms with Crippen LogP contribution in [0.2, 0.25) is 0 Å². The van der Waals surface area contributed by atoms with Crippen LogP contribution in [-0.2, 0) is 0 Å². The molecule has 1 aromatic rings. The molecule has 0 saturated heterocycles. The number of hydrogen-bond donors (Lipinski definition) is 0. The predicted octanol–water partition coefficient (Wildman–Crippen LogP) is 3.35. The summed E-state index contributed by atoms with van der Waals surface area (Å²) in [6, 6.07) is 1.85. The molecule has 1 heterocycles. The van der Waals surface area contributed by atoms with E-state index < -0.39 is 0 Å². The summed E-state index contributed by atoms with van der Waals surface area (Å²) < 4.78 is 5.20. The number of carbonyl (C=O) groups is 1. The Morgan fingerprint density at radius 2 is 1.75 bits per heavy atom. The van der Waals surface area contributed by atoms with Crippen LogP contribution in [-0.4, -0.2) is 17.9 Å². The molecule has 4 aliphatic carbocycles. The topological polar surface area (TPSA) is 39.2 Å². The van der Waals surface area contributed by atoms with Gasteiger partial charge in [0, 0.05) is 17.7 Å². The predicted molar refractivity (Wildman–Crippen MR) is 75.7 cm³/mol. The number of ether oxygens (including phenoxy) is 1. The molecule has 0 aromatic carbocycles. The highest BCUT2D eigenvalue weighted by Gasteiger charge is 2.50. The average Bonchev–Trinajstić information content (AvgIpc) is 2.46. The van der Waals surface area contributed by atoms with E-state index in [1.165, 1.54) is 32.1 Å². The molecule has 0 atom stereocenters. The molecule has 0 unspecified atom stereocenters. The molecule has 0 spiro atoms. The van der Waals surface area contributed by atoms with Gasteiger partial charge in [-0.3, -0.25) is 9.78 Å². The zero-order valence-electron chi connectivity index (χ0n) is 11.9. The van der Waals surface area contributed by atoms with E-state index in [9.17, 15) is 4.79 Å². The Kier molecular flexibility index (Phi) is 2.83. The Labute approximate surface area is 119 Å². The first-order chi connectivity index (χ1) is 9.74. The molecule has 4 saturated carbocycles. The highest BCUT2D eigenvalue weighted by molar-refractivity contribution is 5.98. The minimum atomic E-state index is 0.247. The van der Waals surface area contributed by atoms with Gasteiger partial charge >= 0.3 is 0 Å². The Balaban J connectivity index is 1.62. The lowest BCUT2D eigenvalue weighted by Crippen LogP contribution is -2.48. The van der Waals surface area contributed by atoms with Crippen molar-refractivity contribution in [1.82, 2.24) is 4.98 Å². The van der Waals surface area contributed by atoms with Crippen LogP contribution in [0.4, 0.5) is 0 Å². The monoisotopic (exact) mass is 271 g/mol. The lowest BCUT2D eigenvalue weighted by Gasteiger charge is -2.53. The van der Waals surface area contributed by atoms with Gasteiger partial charge in [-0.15, -0.1) is 0 Å². The summed E-state index contributed by atoms with van der Waals surface area (Å²) in [6.07, 6.45) is 9.90. The first-order valence-electron chi connectivity index (χ1n) is 7.78. The van der Waals surface area contributed by atoms with Gasteiger partial charge in [0.1, 0.15) is 5.75 Å². The van der Waals surface area contributed by atoms with Crippen LogP contribution in [0.1, 0.15) is 42.5 Å². The summed E-state index contributed by atoms with van der Waals surface area (Å²) in [5.41, 5.74) is 0.738. The summed E-state index contributed by atoms with van der Waals surface area (Å²) in [5, 5.41) is 0. The molecule has 4 bridgehead atoms. The van der Waals surface area contributed by atoms with E-state index in [1.807, 2.05) is 6.07 Å². The van der Waals surface area contributed by atoms with Crippen molar-refractivity contribution in [2.75, 3.05) is 7.11 Å². The van der Waals surface area contributed by atoms with Gasteiger partial charge in [0.2, 0.25) is 0 Å². The van der Waals surface area contributed by atoms with Crippen molar-refractivity contribution >= 4 is 5.78 Å². The number of carbonyl (C=O) groups excluding carboxylic acids is 1. The Hall–Kier alpha value is -1.38. The summed E-state index contributed by atoms with van der Waals surface area (Å²) in [4.78, 5) is 17.1. The van der Waals surface area contributed by atoms with Gasteiger partial charge in [-0.2, -0.15) is 0 Å². The number of hydrogen-bond acceptors (Lipinski definition) is 3. The van der Waals surface area contributed by atoms with E-state index in [4.69, 9.17) is 4.74 Å². The van der Waals surface area contributed by atoms with E-state index in [0.29, 0.717) is 23.4 Å². The molecule has 0 radical (unpaired) electrons. The van der Waals surface area contributed by atoms with Gasteiger partial charge in [0.05, 0.1) is 13.3 Å². The maximum atomic E-state index is 12.9. The third-order valence-electron chi connectivity index (χ3n) is 5.76. The number of aromatic nitrogens is 1. The van der Waals surface area contributed by atoms with Crippen LogP contribution in [0.5, 0.6) is 5.75 Å². The van der Waals surface area contributed by atoms with Crippen LogP contribution in [0, 0.1) is 29.6 Å². The number of rotatable bonds is 3. The third-order valence-corrected chi connectivity index (χ3v) is 5.76. The van der Waals surface area contributed by atoms with Gasteiger partial charge in [0.25, 0.3) is 0 Å². The average molecular weight is 271 g/mol. The normalized spacial score (nSPS) is 38.0. The summed E-state index contributed by atoms with van der Waals surface area (Å²) in [5.74, 6) is 4.31. The Morgan fingerprint density at radius 3 is 2.35 bits per heavy atom. The van der Waals surface area contributed by atoms with Gasteiger partial charge < -0.3 is 4.74 Å². The second-order valence-corrected chi connectivity index (χ2v) is 6.93. The molecule has 1 aromatic heterocycles. The SMILES string of the molecule is COc1cncc(C(=O)C2C3CC4CC(C3)CC2C4)c1. The van der Waals surface area contributed by atoms with Crippen LogP contribution in [0.15, 0.2) is 18.5 Å². The fourth-order valence-corrected chi connectivity index (χ4v) is 5.21. The number of methoxy groups -OCH3 is 1. The molecule has 3 heteroatoms. The minimum Gasteiger partial charge on any atom is -0.495 e. The molecular formula is C17H21NO2. The number of nitrogens with zero attached hydrogens (tertiary/aromatic N) is 1. The first-order valence-corrected chi connectivity index (χ1v) is 7.78. The van der Waals surface area contributed by atoms with Gasteiger partial charge in [-0.1, -0.05) is 0 Å². The maximum absolute atomic E-state index is 12.9. The molecule has 0 aliphatic heterocycles. The zero-order chi connectivity index (χ0) is 13.7. The van der Waals surface area contributed by atoms with Gasteiger partial charge in [-0.05, 0) is 61.8 Å². The molecule has 4 aliphatic rings. The largest absolute Gasteiger partial charge is 0.495 e. The maximum Gasteiger partial charge on any atom is 0.168 e. The molecule has 106 valence electrons. The van der Waals surface area contributed by atoms with Crippen LogP contribution in [0.25, 0.3) is 0 Å². The van der Waals surface area contributed by atoms with Gasteiger partial charge in [-0.25, -0.2) is 0 Å². The van der Waals surface area contributed by atoms with Crippen LogP contribution >= 0.6 is 0 Å². The molecule has 0 N–H and O–H groups in total.